The van der Waals surface area contributed by atoms with Gasteiger partial charge in [0.25, 0.3) is 0 Å². The van der Waals surface area contributed by atoms with Crippen LogP contribution in [-0.2, 0) is 19.5 Å². The summed E-state index contributed by atoms with van der Waals surface area (Å²) in [6.45, 7) is 4.16. The fraction of sp³-hybridized carbons (Fsp3) is 0.444. The van der Waals surface area contributed by atoms with Crippen molar-refractivity contribution in [1.82, 2.24) is 20.2 Å². The average Bonchev–Trinajstić information content (AvgIpc) is 3.02. The SMILES string of the molecule is CC(CNc1ccccc1)NC(=O)NCc1cn2c(n1)CCCC2. The number of hydrogen-bond donors (Lipinski definition) is 3. The maximum Gasteiger partial charge on any atom is 0.315 e. The number of para-hydroxylation sites is 1. The predicted octanol–water partition coefficient (Wildman–Crippen LogP) is 2.52. The van der Waals surface area contributed by atoms with Crippen LogP contribution in [0, 0.1) is 0 Å². The average molecular weight is 327 g/mol. The van der Waals surface area contributed by atoms with Crippen molar-refractivity contribution >= 4 is 11.7 Å². The van der Waals surface area contributed by atoms with Gasteiger partial charge in [-0.1, -0.05) is 18.2 Å². The number of hydrogen-bond acceptors (Lipinski definition) is 3. The second kappa shape index (κ2) is 7.86. The minimum Gasteiger partial charge on any atom is -0.383 e. The van der Waals surface area contributed by atoms with Crippen LogP contribution in [0.4, 0.5) is 10.5 Å². The second-order valence-electron chi connectivity index (χ2n) is 6.27. The number of aromatic nitrogens is 2. The standard InChI is InChI=1S/C18H25N5O/c1-14(11-19-15-7-3-2-4-8-15)21-18(24)20-12-16-13-23-10-6-5-9-17(23)22-16/h2-4,7-8,13-14,19H,5-6,9-12H2,1H3,(H2,20,21,24). The van der Waals surface area contributed by atoms with Crippen molar-refractivity contribution in [3.63, 3.8) is 0 Å². The molecule has 2 heterocycles. The van der Waals surface area contributed by atoms with E-state index < -0.39 is 0 Å². The van der Waals surface area contributed by atoms with Crippen molar-refractivity contribution in [2.45, 2.75) is 45.3 Å². The highest BCUT2D eigenvalue weighted by atomic mass is 16.2. The van der Waals surface area contributed by atoms with Gasteiger partial charge >= 0.3 is 6.03 Å². The molecule has 0 saturated heterocycles. The minimum absolute atomic E-state index is 0.0282. The predicted molar refractivity (Wildman–Crippen MR) is 94.9 cm³/mol. The minimum atomic E-state index is -0.164. The molecule has 0 bridgehead atoms. The van der Waals surface area contributed by atoms with Gasteiger partial charge in [-0.25, -0.2) is 9.78 Å². The smallest absolute Gasteiger partial charge is 0.315 e. The van der Waals surface area contributed by atoms with E-state index in [4.69, 9.17) is 0 Å². The van der Waals surface area contributed by atoms with Crippen LogP contribution in [0.5, 0.6) is 0 Å². The molecule has 0 radical (unpaired) electrons. The Morgan fingerprint density at radius 1 is 1.29 bits per heavy atom. The fourth-order valence-corrected chi connectivity index (χ4v) is 2.88. The van der Waals surface area contributed by atoms with Crippen molar-refractivity contribution < 1.29 is 4.79 Å². The number of imidazole rings is 1. The molecule has 0 spiro atoms. The van der Waals surface area contributed by atoms with Gasteiger partial charge in [0.2, 0.25) is 0 Å². The molecule has 0 saturated carbocycles. The van der Waals surface area contributed by atoms with Crippen LogP contribution in [0.15, 0.2) is 36.5 Å². The molecule has 2 aromatic rings. The van der Waals surface area contributed by atoms with E-state index in [0.717, 1.165) is 30.2 Å². The highest BCUT2D eigenvalue weighted by Crippen LogP contribution is 2.14. The molecule has 1 aromatic heterocycles. The molecule has 6 nitrogen and oxygen atoms in total. The lowest BCUT2D eigenvalue weighted by molar-refractivity contribution is 0.237. The summed E-state index contributed by atoms with van der Waals surface area (Å²) in [5, 5.41) is 9.12. The summed E-state index contributed by atoms with van der Waals surface area (Å²) in [5.74, 6) is 1.14. The summed E-state index contributed by atoms with van der Waals surface area (Å²) in [5.41, 5.74) is 1.98. The molecule has 3 rings (SSSR count). The summed E-state index contributed by atoms with van der Waals surface area (Å²) in [4.78, 5) is 16.6. The molecule has 1 atom stereocenters. The van der Waals surface area contributed by atoms with E-state index in [9.17, 15) is 4.79 Å². The van der Waals surface area contributed by atoms with E-state index in [-0.39, 0.29) is 12.1 Å². The maximum absolute atomic E-state index is 12.0. The van der Waals surface area contributed by atoms with Gasteiger partial charge in [-0.15, -0.1) is 0 Å². The van der Waals surface area contributed by atoms with E-state index in [1.165, 1.54) is 12.8 Å². The Kier molecular flexibility index (Phi) is 5.36. The third-order valence-electron chi connectivity index (χ3n) is 4.15. The number of benzene rings is 1. The Morgan fingerprint density at radius 2 is 2.12 bits per heavy atom. The van der Waals surface area contributed by atoms with Gasteiger partial charge < -0.3 is 20.5 Å². The molecular formula is C18H25N5O. The summed E-state index contributed by atoms with van der Waals surface area (Å²) in [7, 11) is 0. The normalized spacial score (nSPS) is 14.5. The van der Waals surface area contributed by atoms with E-state index >= 15 is 0 Å². The van der Waals surface area contributed by atoms with Gasteiger partial charge in [0, 0.05) is 37.4 Å². The largest absolute Gasteiger partial charge is 0.383 e. The summed E-state index contributed by atoms with van der Waals surface area (Å²) < 4.78 is 2.20. The first-order valence-electron chi connectivity index (χ1n) is 8.59. The topological polar surface area (TPSA) is 71.0 Å². The number of nitrogens with one attached hydrogen (secondary N) is 3. The highest BCUT2D eigenvalue weighted by molar-refractivity contribution is 5.74. The number of carbonyl (C=O) groups is 1. The highest BCUT2D eigenvalue weighted by Gasteiger charge is 2.13. The van der Waals surface area contributed by atoms with Crippen LogP contribution in [0.1, 0.15) is 31.3 Å². The molecule has 128 valence electrons. The number of fused-ring (bicyclic) bond motifs is 1. The molecule has 6 heteroatoms. The van der Waals surface area contributed by atoms with Crippen LogP contribution >= 0.6 is 0 Å². The van der Waals surface area contributed by atoms with E-state index in [2.05, 4.69) is 31.7 Å². The summed E-state index contributed by atoms with van der Waals surface area (Å²) in [6, 6.07) is 9.83. The van der Waals surface area contributed by atoms with E-state index in [0.29, 0.717) is 13.1 Å². The Morgan fingerprint density at radius 3 is 2.92 bits per heavy atom. The lowest BCUT2D eigenvalue weighted by Gasteiger charge is -2.15. The molecular weight excluding hydrogens is 302 g/mol. The quantitative estimate of drug-likeness (QED) is 0.763. The number of amides is 2. The van der Waals surface area contributed by atoms with Gasteiger partial charge in [-0.05, 0) is 31.9 Å². The molecule has 1 unspecified atom stereocenters. The van der Waals surface area contributed by atoms with Crippen molar-refractivity contribution in [2.24, 2.45) is 0 Å². The summed E-state index contributed by atoms with van der Waals surface area (Å²) >= 11 is 0. The Hall–Kier alpha value is -2.50. The molecule has 0 fully saturated rings. The van der Waals surface area contributed by atoms with Crippen molar-refractivity contribution in [3.05, 3.63) is 48.0 Å². The fourth-order valence-electron chi connectivity index (χ4n) is 2.88. The summed E-state index contributed by atoms with van der Waals surface area (Å²) in [6.07, 6.45) is 5.50. The van der Waals surface area contributed by atoms with Crippen LogP contribution < -0.4 is 16.0 Å². The maximum atomic E-state index is 12.0. The zero-order chi connectivity index (χ0) is 16.8. The Balaban J connectivity index is 1.39. The zero-order valence-electron chi connectivity index (χ0n) is 14.1. The molecule has 1 aromatic carbocycles. The molecule has 2 amide bonds. The van der Waals surface area contributed by atoms with Gasteiger partial charge in [-0.2, -0.15) is 0 Å². The number of aryl methyl sites for hydroxylation is 2. The van der Waals surface area contributed by atoms with Crippen molar-refractivity contribution in [3.8, 4) is 0 Å². The first kappa shape index (κ1) is 16.4. The number of urea groups is 1. The molecule has 1 aliphatic rings. The third-order valence-corrected chi connectivity index (χ3v) is 4.15. The molecule has 0 aliphatic carbocycles. The third kappa shape index (κ3) is 4.50. The molecule has 24 heavy (non-hydrogen) atoms. The first-order chi connectivity index (χ1) is 11.7. The van der Waals surface area contributed by atoms with Crippen LogP contribution in [0.3, 0.4) is 0 Å². The first-order valence-corrected chi connectivity index (χ1v) is 8.59. The van der Waals surface area contributed by atoms with Crippen molar-refractivity contribution in [2.75, 3.05) is 11.9 Å². The zero-order valence-corrected chi connectivity index (χ0v) is 14.1. The second-order valence-corrected chi connectivity index (χ2v) is 6.27. The molecule has 1 aliphatic heterocycles. The van der Waals surface area contributed by atoms with Gasteiger partial charge in [0.1, 0.15) is 5.82 Å². The van der Waals surface area contributed by atoms with Crippen LogP contribution in [0.2, 0.25) is 0 Å². The Bertz CT molecular complexity index is 644. The van der Waals surface area contributed by atoms with Crippen LogP contribution in [0.25, 0.3) is 0 Å². The number of carbonyl (C=O) groups excluding carboxylic acids is 1. The number of anilines is 1. The van der Waals surface area contributed by atoms with Crippen LogP contribution in [-0.4, -0.2) is 28.2 Å². The van der Waals surface area contributed by atoms with Gasteiger partial charge in [0.15, 0.2) is 0 Å². The Labute approximate surface area is 142 Å². The van der Waals surface area contributed by atoms with Gasteiger partial charge in [0.05, 0.1) is 12.2 Å². The van der Waals surface area contributed by atoms with Gasteiger partial charge in [-0.3, -0.25) is 0 Å². The molecule has 3 N–H and O–H groups in total. The lowest BCUT2D eigenvalue weighted by Crippen LogP contribution is -2.43. The number of rotatable bonds is 6. The number of nitrogens with zero attached hydrogens (tertiary/aromatic N) is 2. The lowest BCUT2D eigenvalue weighted by atomic mass is 10.2. The van der Waals surface area contributed by atoms with E-state index in [1.807, 2.05) is 37.3 Å². The van der Waals surface area contributed by atoms with E-state index in [1.54, 1.807) is 0 Å². The monoisotopic (exact) mass is 327 g/mol. The van der Waals surface area contributed by atoms with Crippen molar-refractivity contribution in [1.29, 1.82) is 0 Å².